The average Bonchev–Trinajstić information content (AvgIpc) is 2.73. The van der Waals surface area contributed by atoms with Gasteiger partial charge in [-0.2, -0.15) is 0 Å². The summed E-state index contributed by atoms with van der Waals surface area (Å²) in [5, 5.41) is 0. The first-order valence-corrected chi connectivity index (χ1v) is 6.04. The van der Waals surface area contributed by atoms with Gasteiger partial charge in [0.1, 0.15) is 6.67 Å². The molecule has 1 heterocycles. The first kappa shape index (κ1) is 12.6. The van der Waals surface area contributed by atoms with Crippen molar-refractivity contribution in [1.29, 1.82) is 0 Å². The third-order valence-electron chi connectivity index (χ3n) is 2.68. The highest BCUT2D eigenvalue weighted by Gasteiger charge is 2.10. The predicted octanol–water partition coefficient (Wildman–Crippen LogP) is 3.94. The molecule has 3 heteroatoms. The zero-order valence-corrected chi connectivity index (χ0v) is 10.7. The summed E-state index contributed by atoms with van der Waals surface area (Å²) in [5.74, 6) is 0. The van der Waals surface area contributed by atoms with Crippen molar-refractivity contribution in [1.82, 2.24) is 9.55 Å². The lowest BCUT2D eigenvalue weighted by atomic mass is 10.1. The fourth-order valence-corrected chi connectivity index (χ4v) is 1.90. The number of alkyl halides is 1. The summed E-state index contributed by atoms with van der Waals surface area (Å²) in [6.45, 7) is 4.02. The van der Waals surface area contributed by atoms with E-state index in [0.29, 0.717) is 6.54 Å². The van der Waals surface area contributed by atoms with E-state index in [-0.39, 0.29) is 6.67 Å². The molecule has 0 aliphatic carbocycles. The molecule has 0 fully saturated rings. The highest BCUT2D eigenvalue weighted by atomic mass is 19.1. The minimum Gasteiger partial charge on any atom is -0.328 e. The van der Waals surface area contributed by atoms with Gasteiger partial charge in [0.2, 0.25) is 0 Å². The van der Waals surface area contributed by atoms with Crippen LogP contribution in [0, 0.1) is 0 Å². The molecule has 0 aliphatic heterocycles. The van der Waals surface area contributed by atoms with Crippen LogP contribution >= 0.6 is 0 Å². The van der Waals surface area contributed by atoms with Gasteiger partial charge in [0.05, 0.1) is 24.3 Å². The van der Waals surface area contributed by atoms with E-state index in [4.69, 9.17) is 0 Å². The van der Waals surface area contributed by atoms with Crippen LogP contribution in [0.4, 0.5) is 4.39 Å². The maximum Gasteiger partial charge on any atom is 0.107 e. The minimum absolute atomic E-state index is 0.346. The molecule has 0 saturated heterocycles. The van der Waals surface area contributed by atoms with Crippen LogP contribution in [0.1, 0.15) is 19.5 Å². The van der Waals surface area contributed by atoms with Gasteiger partial charge in [-0.15, -0.1) is 0 Å². The number of allylic oxidation sites excluding steroid dienone is 1. The molecule has 1 aromatic carbocycles. The number of imidazole rings is 1. The van der Waals surface area contributed by atoms with Crippen LogP contribution in [0.3, 0.4) is 0 Å². The number of hydrogen-bond acceptors (Lipinski definition) is 1. The summed E-state index contributed by atoms with van der Waals surface area (Å²) in [6.07, 6.45) is 3.75. The van der Waals surface area contributed by atoms with Crippen molar-refractivity contribution in [3.05, 3.63) is 47.9 Å². The molecule has 2 aromatic rings. The SMILES string of the molecule is CC(C)=Cc1c(-c2ccccc2)ncn1CCF. The number of aromatic nitrogens is 2. The second-order valence-corrected chi connectivity index (χ2v) is 4.45. The Morgan fingerprint density at radius 1 is 1.28 bits per heavy atom. The van der Waals surface area contributed by atoms with Crippen LogP contribution in [0.25, 0.3) is 17.3 Å². The van der Waals surface area contributed by atoms with Crippen molar-refractivity contribution < 1.29 is 4.39 Å². The second kappa shape index (κ2) is 5.63. The molecular weight excluding hydrogens is 227 g/mol. The van der Waals surface area contributed by atoms with Crippen molar-refractivity contribution in [3.8, 4) is 11.3 Å². The molecular formula is C15H17FN2. The summed E-state index contributed by atoms with van der Waals surface area (Å²) < 4.78 is 14.4. The smallest absolute Gasteiger partial charge is 0.107 e. The van der Waals surface area contributed by atoms with Gasteiger partial charge in [0.15, 0.2) is 0 Å². The van der Waals surface area contributed by atoms with Gasteiger partial charge in [-0.1, -0.05) is 35.9 Å². The molecule has 0 unspecified atom stereocenters. The number of nitrogens with zero attached hydrogens (tertiary/aromatic N) is 2. The van der Waals surface area contributed by atoms with E-state index in [2.05, 4.69) is 4.98 Å². The molecule has 0 amide bonds. The minimum atomic E-state index is -0.381. The summed E-state index contributed by atoms with van der Waals surface area (Å²) in [4.78, 5) is 4.41. The zero-order valence-electron chi connectivity index (χ0n) is 10.7. The van der Waals surface area contributed by atoms with Crippen molar-refractivity contribution in [2.24, 2.45) is 0 Å². The highest BCUT2D eigenvalue weighted by Crippen LogP contribution is 2.24. The third-order valence-corrected chi connectivity index (χ3v) is 2.68. The van der Waals surface area contributed by atoms with Gasteiger partial charge >= 0.3 is 0 Å². The standard InChI is InChI=1S/C15H17FN2/c1-12(2)10-14-15(13-6-4-3-5-7-13)17-11-18(14)9-8-16/h3-7,10-11H,8-9H2,1-2H3. The summed E-state index contributed by atoms with van der Waals surface area (Å²) in [7, 11) is 0. The van der Waals surface area contributed by atoms with Crippen LogP contribution < -0.4 is 0 Å². The molecule has 0 radical (unpaired) electrons. The number of aryl methyl sites for hydroxylation is 1. The molecule has 0 atom stereocenters. The van der Waals surface area contributed by atoms with Crippen molar-refractivity contribution in [2.75, 3.05) is 6.67 Å². The molecule has 0 saturated carbocycles. The lowest BCUT2D eigenvalue weighted by molar-refractivity contribution is 0.444. The first-order valence-electron chi connectivity index (χ1n) is 6.04. The van der Waals surface area contributed by atoms with Crippen molar-refractivity contribution in [3.63, 3.8) is 0 Å². The predicted molar refractivity (Wildman–Crippen MR) is 73.0 cm³/mol. The van der Waals surface area contributed by atoms with Gasteiger partial charge in [-0.25, -0.2) is 9.37 Å². The fourth-order valence-electron chi connectivity index (χ4n) is 1.90. The summed E-state index contributed by atoms with van der Waals surface area (Å²) in [5.41, 5.74) is 4.11. The van der Waals surface area contributed by atoms with Crippen LogP contribution in [-0.4, -0.2) is 16.2 Å². The van der Waals surface area contributed by atoms with E-state index in [0.717, 1.165) is 17.0 Å². The van der Waals surface area contributed by atoms with E-state index < -0.39 is 0 Å². The van der Waals surface area contributed by atoms with Gasteiger partial charge in [-0.05, 0) is 19.9 Å². The van der Waals surface area contributed by atoms with Crippen molar-refractivity contribution >= 4 is 6.08 Å². The first-order chi connectivity index (χ1) is 8.72. The van der Waals surface area contributed by atoms with E-state index in [1.54, 1.807) is 6.33 Å². The van der Waals surface area contributed by atoms with Crippen LogP contribution in [0.5, 0.6) is 0 Å². The number of rotatable bonds is 4. The lowest BCUT2D eigenvalue weighted by Crippen LogP contribution is -2.00. The molecule has 2 rings (SSSR count). The van der Waals surface area contributed by atoms with E-state index in [1.165, 1.54) is 5.57 Å². The molecule has 0 spiro atoms. The van der Waals surface area contributed by atoms with Crippen LogP contribution in [0.15, 0.2) is 42.2 Å². The van der Waals surface area contributed by atoms with E-state index in [9.17, 15) is 4.39 Å². The average molecular weight is 244 g/mol. The van der Waals surface area contributed by atoms with Gasteiger partial charge in [-0.3, -0.25) is 0 Å². The topological polar surface area (TPSA) is 17.8 Å². The highest BCUT2D eigenvalue weighted by molar-refractivity contribution is 5.70. The van der Waals surface area contributed by atoms with Crippen LogP contribution in [-0.2, 0) is 6.54 Å². The molecule has 1 aromatic heterocycles. The molecule has 0 bridgehead atoms. The summed E-state index contributed by atoms with van der Waals surface area (Å²) >= 11 is 0. The monoisotopic (exact) mass is 244 g/mol. The maximum absolute atomic E-state index is 12.5. The van der Waals surface area contributed by atoms with Gasteiger partial charge < -0.3 is 4.57 Å². The zero-order chi connectivity index (χ0) is 13.0. The quantitative estimate of drug-likeness (QED) is 0.796. The molecule has 0 aliphatic rings. The Morgan fingerprint density at radius 3 is 2.61 bits per heavy atom. The Kier molecular flexibility index (Phi) is 3.92. The third kappa shape index (κ3) is 2.67. The second-order valence-electron chi connectivity index (χ2n) is 4.45. The fraction of sp³-hybridized carbons (Fsp3) is 0.267. The Balaban J connectivity index is 2.51. The number of hydrogen-bond donors (Lipinski definition) is 0. The normalized spacial score (nSPS) is 10.4. The number of halogens is 1. The Hall–Kier alpha value is -1.90. The molecule has 94 valence electrons. The van der Waals surface area contributed by atoms with Gasteiger partial charge in [0, 0.05) is 5.56 Å². The Morgan fingerprint density at radius 2 is 2.00 bits per heavy atom. The largest absolute Gasteiger partial charge is 0.328 e. The Bertz CT molecular complexity index is 537. The maximum atomic E-state index is 12.5. The van der Waals surface area contributed by atoms with E-state index in [1.807, 2.05) is 54.8 Å². The molecule has 18 heavy (non-hydrogen) atoms. The van der Waals surface area contributed by atoms with Crippen LogP contribution in [0.2, 0.25) is 0 Å². The Labute approximate surface area is 107 Å². The van der Waals surface area contributed by atoms with E-state index >= 15 is 0 Å². The summed E-state index contributed by atoms with van der Waals surface area (Å²) in [6, 6.07) is 9.98. The van der Waals surface area contributed by atoms with Gasteiger partial charge in [0.25, 0.3) is 0 Å². The molecule has 2 nitrogen and oxygen atoms in total. The lowest BCUT2D eigenvalue weighted by Gasteiger charge is -2.05. The molecule has 0 N–H and O–H groups in total. The van der Waals surface area contributed by atoms with Crippen molar-refractivity contribution in [2.45, 2.75) is 20.4 Å². The number of benzene rings is 1.